The number of carbonyl (C=O) groups excluding carboxylic acids is 1. The normalized spacial score (nSPS) is 16.3. The van der Waals surface area contributed by atoms with Gasteiger partial charge in [0, 0.05) is 31.9 Å². The largest absolute Gasteiger partial charge is 0.497 e. The number of urea groups is 1. The van der Waals surface area contributed by atoms with Crippen LogP contribution in [0.5, 0.6) is 5.75 Å². The van der Waals surface area contributed by atoms with E-state index in [2.05, 4.69) is 15.5 Å². The van der Waals surface area contributed by atoms with Crippen molar-refractivity contribution in [1.82, 2.24) is 10.2 Å². The van der Waals surface area contributed by atoms with Crippen LogP contribution in [-0.2, 0) is 22.9 Å². The molecule has 2 aromatic carbocycles. The fourth-order valence-electron chi connectivity index (χ4n) is 2.96. The number of anilines is 1. The zero-order valence-electron chi connectivity index (χ0n) is 15.8. The Labute approximate surface area is 165 Å². The minimum Gasteiger partial charge on any atom is -0.497 e. The highest BCUT2D eigenvalue weighted by Gasteiger charge is 2.21. The monoisotopic (exact) mass is 403 g/mol. The molecule has 1 heterocycles. The maximum atomic E-state index is 12.1. The third-order valence-electron chi connectivity index (χ3n) is 4.67. The minimum atomic E-state index is -2.86. The second-order valence-corrected chi connectivity index (χ2v) is 9.08. The Bertz CT molecular complexity index is 882. The third kappa shape index (κ3) is 5.97. The quantitative estimate of drug-likeness (QED) is 0.772. The molecule has 3 rings (SSSR count). The predicted molar refractivity (Wildman–Crippen MR) is 109 cm³/mol. The molecule has 1 aliphatic rings. The van der Waals surface area contributed by atoms with Gasteiger partial charge < -0.3 is 15.4 Å². The molecule has 0 bridgehead atoms. The predicted octanol–water partition coefficient (Wildman–Crippen LogP) is 2.25. The number of carbonyl (C=O) groups is 1. The van der Waals surface area contributed by atoms with Crippen molar-refractivity contribution >= 4 is 21.6 Å². The van der Waals surface area contributed by atoms with Gasteiger partial charge in [0.25, 0.3) is 0 Å². The van der Waals surface area contributed by atoms with Gasteiger partial charge in [0.2, 0.25) is 0 Å². The number of nitrogens with zero attached hydrogens (tertiary/aromatic N) is 1. The molecule has 0 saturated carbocycles. The van der Waals surface area contributed by atoms with Crippen LogP contribution in [0.2, 0.25) is 0 Å². The van der Waals surface area contributed by atoms with Gasteiger partial charge in [0.1, 0.15) is 5.75 Å². The lowest BCUT2D eigenvalue weighted by atomic mass is 10.2. The van der Waals surface area contributed by atoms with Crippen LogP contribution in [0.4, 0.5) is 10.5 Å². The maximum absolute atomic E-state index is 12.1. The van der Waals surface area contributed by atoms with Crippen LogP contribution < -0.4 is 15.4 Å². The van der Waals surface area contributed by atoms with E-state index in [0.29, 0.717) is 31.9 Å². The molecule has 1 aliphatic heterocycles. The van der Waals surface area contributed by atoms with E-state index in [1.54, 1.807) is 7.11 Å². The fraction of sp³-hybridized carbons (Fsp3) is 0.350. The summed E-state index contributed by atoms with van der Waals surface area (Å²) in [7, 11) is -1.25. The van der Waals surface area contributed by atoms with Gasteiger partial charge in [0.05, 0.1) is 18.6 Å². The summed E-state index contributed by atoms with van der Waals surface area (Å²) in [5, 5.41) is 5.63. The van der Waals surface area contributed by atoms with Gasteiger partial charge in [-0.3, -0.25) is 4.90 Å². The summed E-state index contributed by atoms with van der Waals surface area (Å²) in [5.74, 6) is 1.22. The molecular weight excluding hydrogens is 378 g/mol. The molecule has 1 fully saturated rings. The highest BCUT2D eigenvalue weighted by atomic mass is 32.2. The molecule has 1 saturated heterocycles. The Morgan fingerprint density at radius 2 is 1.61 bits per heavy atom. The zero-order valence-corrected chi connectivity index (χ0v) is 16.7. The van der Waals surface area contributed by atoms with E-state index in [1.165, 1.54) is 0 Å². The van der Waals surface area contributed by atoms with E-state index in [-0.39, 0.29) is 17.5 Å². The van der Waals surface area contributed by atoms with Gasteiger partial charge in [-0.15, -0.1) is 0 Å². The van der Waals surface area contributed by atoms with Crippen molar-refractivity contribution in [2.45, 2.75) is 13.1 Å². The van der Waals surface area contributed by atoms with Crippen LogP contribution >= 0.6 is 0 Å². The summed E-state index contributed by atoms with van der Waals surface area (Å²) in [6.45, 7) is 2.26. The molecule has 2 N–H and O–H groups in total. The Hall–Kier alpha value is -2.58. The van der Waals surface area contributed by atoms with Gasteiger partial charge >= 0.3 is 6.03 Å². The number of benzene rings is 2. The van der Waals surface area contributed by atoms with Gasteiger partial charge in [-0.25, -0.2) is 13.2 Å². The Morgan fingerprint density at radius 3 is 2.21 bits per heavy atom. The molecule has 0 atom stereocenters. The standard InChI is InChI=1S/C20H25N3O4S/c1-27-19-8-4-16(5-9-19)14-21-20(24)22-18-6-2-17(3-7-18)15-23-10-12-28(25,26)13-11-23/h2-9H,10-15H2,1H3,(H2,21,22,24). The average molecular weight is 404 g/mol. The van der Waals surface area contributed by atoms with Crippen molar-refractivity contribution in [3.63, 3.8) is 0 Å². The van der Waals surface area contributed by atoms with Crippen LogP contribution in [0.1, 0.15) is 11.1 Å². The van der Waals surface area contributed by atoms with Crippen molar-refractivity contribution in [3.8, 4) is 5.75 Å². The molecular formula is C20H25N3O4S. The smallest absolute Gasteiger partial charge is 0.319 e. The summed E-state index contributed by atoms with van der Waals surface area (Å²) in [5.41, 5.74) is 2.77. The minimum absolute atomic E-state index is 0.223. The number of ether oxygens (including phenoxy) is 1. The van der Waals surface area contributed by atoms with E-state index in [9.17, 15) is 13.2 Å². The second-order valence-electron chi connectivity index (χ2n) is 6.78. The Balaban J connectivity index is 1.44. The number of hydrogen-bond donors (Lipinski definition) is 2. The molecule has 0 radical (unpaired) electrons. The van der Waals surface area contributed by atoms with E-state index in [1.807, 2.05) is 48.5 Å². The Morgan fingerprint density at radius 1 is 1.00 bits per heavy atom. The highest BCUT2D eigenvalue weighted by Crippen LogP contribution is 2.14. The van der Waals surface area contributed by atoms with Crippen molar-refractivity contribution in [3.05, 3.63) is 59.7 Å². The van der Waals surface area contributed by atoms with Gasteiger partial charge in [-0.2, -0.15) is 0 Å². The number of methoxy groups -OCH3 is 1. The molecule has 28 heavy (non-hydrogen) atoms. The first-order valence-electron chi connectivity index (χ1n) is 9.13. The lowest BCUT2D eigenvalue weighted by Crippen LogP contribution is -2.39. The summed E-state index contributed by atoms with van der Waals surface area (Å²) in [6, 6.07) is 14.8. The van der Waals surface area contributed by atoms with Crippen LogP contribution in [0.25, 0.3) is 0 Å². The topological polar surface area (TPSA) is 87.7 Å². The second kappa shape index (κ2) is 9.07. The third-order valence-corrected chi connectivity index (χ3v) is 6.28. The number of rotatable bonds is 6. The van der Waals surface area contributed by atoms with E-state index in [0.717, 1.165) is 16.9 Å². The van der Waals surface area contributed by atoms with Crippen LogP contribution in [0.15, 0.2) is 48.5 Å². The fourth-order valence-corrected chi connectivity index (χ4v) is 4.24. The number of amides is 2. The maximum Gasteiger partial charge on any atom is 0.319 e. The van der Waals surface area contributed by atoms with Crippen molar-refractivity contribution in [2.24, 2.45) is 0 Å². The summed E-state index contributed by atoms with van der Waals surface area (Å²) >= 11 is 0. The molecule has 0 unspecified atom stereocenters. The van der Waals surface area contributed by atoms with Crippen LogP contribution in [0, 0.1) is 0 Å². The first kappa shape index (κ1) is 20.2. The van der Waals surface area contributed by atoms with E-state index < -0.39 is 9.84 Å². The summed E-state index contributed by atoms with van der Waals surface area (Å²) in [6.07, 6.45) is 0. The molecule has 0 aliphatic carbocycles. The molecule has 0 aromatic heterocycles. The van der Waals surface area contributed by atoms with Crippen molar-refractivity contribution < 1.29 is 17.9 Å². The van der Waals surface area contributed by atoms with Crippen LogP contribution in [0.3, 0.4) is 0 Å². The van der Waals surface area contributed by atoms with Gasteiger partial charge in [-0.1, -0.05) is 24.3 Å². The molecule has 2 aromatic rings. The highest BCUT2D eigenvalue weighted by molar-refractivity contribution is 7.91. The number of hydrogen-bond acceptors (Lipinski definition) is 5. The summed E-state index contributed by atoms with van der Waals surface area (Å²) in [4.78, 5) is 14.2. The molecule has 2 amide bonds. The number of nitrogens with one attached hydrogen (secondary N) is 2. The van der Waals surface area contributed by atoms with Crippen molar-refractivity contribution in [2.75, 3.05) is 37.0 Å². The lowest BCUT2D eigenvalue weighted by molar-refractivity contribution is 0.251. The van der Waals surface area contributed by atoms with Gasteiger partial charge in [0.15, 0.2) is 9.84 Å². The number of sulfone groups is 1. The average Bonchev–Trinajstić information content (AvgIpc) is 2.70. The zero-order chi connectivity index (χ0) is 20.0. The Kier molecular flexibility index (Phi) is 6.53. The van der Waals surface area contributed by atoms with Crippen molar-refractivity contribution in [1.29, 1.82) is 0 Å². The molecule has 8 heteroatoms. The molecule has 0 spiro atoms. The molecule has 7 nitrogen and oxygen atoms in total. The van der Waals surface area contributed by atoms with E-state index >= 15 is 0 Å². The first-order valence-corrected chi connectivity index (χ1v) is 11.0. The molecule has 150 valence electrons. The van der Waals surface area contributed by atoms with Gasteiger partial charge in [-0.05, 0) is 35.4 Å². The van der Waals surface area contributed by atoms with Crippen LogP contribution in [-0.4, -0.2) is 51.1 Å². The first-order chi connectivity index (χ1) is 13.4. The summed E-state index contributed by atoms with van der Waals surface area (Å²) < 4.78 is 28.1. The van der Waals surface area contributed by atoms with E-state index in [4.69, 9.17) is 4.74 Å². The SMILES string of the molecule is COc1ccc(CNC(=O)Nc2ccc(CN3CCS(=O)(=O)CC3)cc2)cc1. The lowest BCUT2D eigenvalue weighted by Gasteiger charge is -2.26.